The highest BCUT2D eigenvalue weighted by atomic mass is 16.5. The predicted octanol–water partition coefficient (Wildman–Crippen LogP) is 3.91. The normalized spacial score (nSPS) is 16.4. The second-order valence-corrected chi connectivity index (χ2v) is 5.94. The Kier molecular flexibility index (Phi) is 4.23. The van der Waals surface area contributed by atoms with Crippen LogP contribution in [-0.2, 0) is 0 Å². The number of nitrogens with two attached hydrogens (primary N) is 1. The first-order chi connectivity index (χ1) is 9.09. The molecule has 0 radical (unpaired) electrons. The first-order valence-electron chi connectivity index (χ1n) is 7.34. The van der Waals surface area contributed by atoms with Gasteiger partial charge in [-0.05, 0) is 42.7 Å². The van der Waals surface area contributed by atoms with Gasteiger partial charge in [0.1, 0.15) is 5.75 Å². The van der Waals surface area contributed by atoms with Gasteiger partial charge in [-0.15, -0.1) is 0 Å². The molecule has 0 aliphatic heterocycles. The summed E-state index contributed by atoms with van der Waals surface area (Å²) in [5.41, 5.74) is 8.37. The van der Waals surface area contributed by atoms with Crippen LogP contribution in [0.15, 0.2) is 18.2 Å². The molecule has 0 aromatic heterocycles. The van der Waals surface area contributed by atoms with E-state index in [-0.39, 0.29) is 0 Å². The number of rotatable bonds is 7. The molecule has 0 atom stereocenters. The Labute approximate surface area is 116 Å². The van der Waals surface area contributed by atoms with Crippen LogP contribution in [0.3, 0.4) is 0 Å². The molecule has 2 rings (SSSR count). The first-order valence-corrected chi connectivity index (χ1v) is 7.34. The highest BCUT2D eigenvalue weighted by Gasteiger charge is 2.44. The summed E-state index contributed by atoms with van der Waals surface area (Å²) in [4.78, 5) is 0. The van der Waals surface area contributed by atoms with E-state index in [1.54, 1.807) is 0 Å². The lowest BCUT2D eigenvalue weighted by Gasteiger charge is -2.22. The zero-order chi connectivity index (χ0) is 13.9. The van der Waals surface area contributed by atoms with Gasteiger partial charge in [0.25, 0.3) is 0 Å². The van der Waals surface area contributed by atoms with Crippen molar-refractivity contribution >= 4 is 11.4 Å². The number of benzene rings is 1. The SMILES string of the molecule is CCCOc1cccc(NCC2(C(C)C)CC2)c1N. The van der Waals surface area contributed by atoms with Crippen LogP contribution in [0.2, 0.25) is 0 Å². The Morgan fingerprint density at radius 3 is 2.68 bits per heavy atom. The van der Waals surface area contributed by atoms with Gasteiger partial charge in [0.15, 0.2) is 0 Å². The van der Waals surface area contributed by atoms with E-state index >= 15 is 0 Å². The minimum Gasteiger partial charge on any atom is -0.491 e. The van der Waals surface area contributed by atoms with Gasteiger partial charge in [-0.2, -0.15) is 0 Å². The van der Waals surface area contributed by atoms with Crippen LogP contribution < -0.4 is 15.8 Å². The third-order valence-electron chi connectivity index (χ3n) is 4.28. The molecule has 106 valence electrons. The molecule has 3 nitrogen and oxygen atoms in total. The van der Waals surface area contributed by atoms with E-state index in [2.05, 4.69) is 26.1 Å². The number of anilines is 2. The minimum atomic E-state index is 0.479. The van der Waals surface area contributed by atoms with E-state index in [9.17, 15) is 0 Å². The largest absolute Gasteiger partial charge is 0.491 e. The molecule has 0 heterocycles. The van der Waals surface area contributed by atoms with Gasteiger partial charge in [0.2, 0.25) is 0 Å². The smallest absolute Gasteiger partial charge is 0.144 e. The van der Waals surface area contributed by atoms with Crippen LogP contribution in [-0.4, -0.2) is 13.2 Å². The van der Waals surface area contributed by atoms with Crippen molar-refractivity contribution in [1.82, 2.24) is 0 Å². The fourth-order valence-corrected chi connectivity index (χ4v) is 2.43. The van der Waals surface area contributed by atoms with E-state index in [1.165, 1.54) is 12.8 Å². The van der Waals surface area contributed by atoms with Crippen LogP contribution in [0.5, 0.6) is 5.75 Å². The van der Waals surface area contributed by atoms with Gasteiger partial charge < -0.3 is 15.8 Å². The molecule has 0 amide bonds. The Morgan fingerprint density at radius 2 is 2.11 bits per heavy atom. The molecule has 1 aromatic carbocycles. The van der Waals surface area contributed by atoms with Crippen LogP contribution in [0.1, 0.15) is 40.0 Å². The van der Waals surface area contributed by atoms with Crippen molar-refractivity contribution in [2.75, 3.05) is 24.2 Å². The van der Waals surface area contributed by atoms with Gasteiger partial charge in [-0.3, -0.25) is 0 Å². The lowest BCUT2D eigenvalue weighted by atomic mass is 9.92. The number of para-hydroxylation sites is 1. The Hall–Kier alpha value is -1.38. The van der Waals surface area contributed by atoms with E-state index in [1.807, 2.05) is 18.2 Å². The molecule has 1 aromatic rings. The topological polar surface area (TPSA) is 47.3 Å². The van der Waals surface area contributed by atoms with Gasteiger partial charge >= 0.3 is 0 Å². The van der Waals surface area contributed by atoms with Crippen molar-refractivity contribution in [3.8, 4) is 5.75 Å². The van der Waals surface area contributed by atoms with Gasteiger partial charge in [0.05, 0.1) is 18.0 Å². The average molecular weight is 262 g/mol. The maximum absolute atomic E-state index is 6.16. The van der Waals surface area contributed by atoms with Crippen LogP contribution in [0, 0.1) is 11.3 Å². The molecule has 0 unspecified atom stereocenters. The van der Waals surface area contributed by atoms with Crippen LogP contribution in [0.25, 0.3) is 0 Å². The molecule has 0 bridgehead atoms. The number of nitrogen functional groups attached to an aromatic ring is 1. The third-order valence-corrected chi connectivity index (χ3v) is 4.28. The highest BCUT2D eigenvalue weighted by molar-refractivity contribution is 5.73. The summed E-state index contributed by atoms with van der Waals surface area (Å²) >= 11 is 0. The van der Waals surface area contributed by atoms with Crippen molar-refractivity contribution in [1.29, 1.82) is 0 Å². The third kappa shape index (κ3) is 3.14. The van der Waals surface area contributed by atoms with Crippen molar-refractivity contribution in [2.45, 2.75) is 40.0 Å². The summed E-state index contributed by atoms with van der Waals surface area (Å²) in [5, 5.41) is 3.51. The van der Waals surface area contributed by atoms with Gasteiger partial charge in [0, 0.05) is 6.54 Å². The second-order valence-electron chi connectivity index (χ2n) is 5.94. The van der Waals surface area contributed by atoms with Crippen LogP contribution >= 0.6 is 0 Å². The summed E-state index contributed by atoms with van der Waals surface area (Å²) < 4.78 is 5.66. The molecular formula is C16H26N2O. The lowest BCUT2D eigenvalue weighted by Crippen LogP contribution is -2.21. The number of hydrogen-bond acceptors (Lipinski definition) is 3. The zero-order valence-corrected chi connectivity index (χ0v) is 12.3. The fraction of sp³-hybridized carbons (Fsp3) is 0.625. The van der Waals surface area contributed by atoms with E-state index in [4.69, 9.17) is 10.5 Å². The predicted molar refractivity (Wildman–Crippen MR) is 81.6 cm³/mol. The lowest BCUT2D eigenvalue weighted by molar-refractivity contribution is 0.319. The highest BCUT2D eigenvalue weighted by Crippen LogP contribution is 2.52. The summed E-state index contributed by atoms with van der Waals surface area (Å²) in [6, 6.07) is 5.97. The molecule has 0 spiro atoms. The summed E-state index contributed by atoms with van der Waals surface area (Å²) in [5.74, 6) is 1.52. The molecule has 1 aliphatic rings. The van der Waals surface area contributed by atoms with E-state index in [0.29, 0.717) is 12.0 Å². The minimum absolute atomic E-state index is 0.479. The second kappa shape index (κ2) is 5.72. The summed E-state index contributed by atoms with van der Waals surface area (Å²) in [6.45, 7) is 8.42. The zero-order valence-electron chi connectivity index (χ0n) is 12.3. The molecule has 3 N–H and O–H groups in total. The molecule has 19 heavy (non-hydrogen) atoms. The Balaban J connectivity index is 2.00. The van der Waals surface area contributed by atoms with Crippen molar-refractivity contribution in [3.63, 3.8) is 0 Å². The molecule has 1 aliphatic carbocycles. The maximum atomic E-state index is 6.16. The van der Waals surface area contributed by atoms with Gasteiger partial charge in [-0.25, -0.2) is 0 Å². The van der Waals surface area contributed by atoms with Crippen molar-refractivity contribution in [2.24, 2.45) is 11.3 Å². The van der Waals surface area contributed by atoms with Crippen molar-refractivity contribution < 1.29 is 4.74 Å². The van der Waals surface area contributed by atoms with E-state index < -0.39 is 0 Å². The summed E-state index contributed by atoms with van der Waals surface area (Å²) in [6.07, 6.45) is 3.64. The summed E-state index contributed by atoms with van der Waals surface area (Å²) in [7, 11) is 0. The Bertz CT molecular complexity index is 425. The molecule has 1 fully saturated rings. The quantitative estimate of drug-likeness (QED) is 0.732. The maximum Gasteiger partial charge on any atom is 0.144 e. The first kappa shape index (κ1) is 14.0. The number of nitrogens with one attached hydrogen (secondary N) is 1. The fourth-order valence-electron chi connectivity index (χ4n) is 2.43. The molecule has 1 saturated carbocycles. The van der Waals surface area contributed by atoms with Gasteiger partial charge in [-0.1, -0.05) is 26.8 Å². The number of ether oxygens (including phenoxy) is 1. The van der Waals surface area contributed by atoms with E-state index in [0.717, 1.165) is 36.0 Å². The average Bonchev–Trinajstić information content (AvgIpc) is 3.17. The van der Waals surface area contributed by atoms with Crippen LogP contribution in [0.4, 0.5) is 11.4 Å². The van der Waals surface area contributed by atoms with Crippen molar-refractivity contribution in [3.05, 3.63) is 18.2 Å². The monoisotopic (exact) mass is 262 g/mol. The molecular weight excluding hydrogens is 236 g/mol. The molecule has 3 heteroatoms. The number of hydrogen-bond donors (Lipinski definition) is 2. The Morgan fingerprint density at radius 1 is 1.37 bits per heavy atom. The molecule has 0 saturated heterocycles. The standard InChI is InChI=1S/C16H26N2O/c1-4-10-19-14-7-5-6-13(15(14)17)18-11-16(8-9-16)12(2)3/h5-7,12,18H,4,8-11,17H2,1-3H3.